The van der Waals surface area contributed by atoms with E-state index in [1.807, 2.05) is 31.2 Å². The van der Waals surface area contributed by atoms with Gasteiger partial charge >= 0.3 is 0 Å². The molecule has 0 spiro atoms. The van der Waals surface area contributed by atoms with Crippen LogP contribution >= 0.6 is 23.2 Å². The number of nitrogens with one attached hydrogen (secondary N) is 1. The first kappa shape index (κ1) is 16.6. The molecule has 0 radical (unpaired) electrons. The number of carbonyl (C=O) groups is 1. The zero-order chi connectivity index (χ0) is 17.3. The van der Waals surface area contributed by atoms with Crippen molar-refractivity contribution in [1.82, 2.24) is 9.78 Å². The van der Waals surface area contributed by atoms with E-state index in [2.05, 4.69) is 10.4 Å². The first-order chi connectivity index (χ1) is 11.5. The van der Waals surface area contributed by atoms with Crippen molar-refractivity contribution in [3.05, 3.63) is 69.8 Å². The van der Waals surface area contributed by atoms with Crippen molar-refractivity contribution in [2.75, 3.05) is 5.32 Å². The lowest BCUT2D eigenvalue weighted by Crippen LogP contribution is -2.13. The highest BCUT2D eigenvalue weighted by molar-refractivity contribution is 6.40. The summed E-state index contributed by atoms with van der Waals surface area (Å²) in [4.78, 5) is 12.5. The van der Waals surface area contributed by atoms with E-state index in [-0.39, 0.29) is 5.91 Å². The van der Waals surface area contributed by atoms with Crippen LogP contribution in [0.2, 0.25) is 10.0 Å². The van der Waals surface area contributed by atoms with Gasteiger partial charge in [-0.15, -0.1) is 0 Å². The molecule has 2 aromatic carbocycles. The molecule has 0 aliphatic rings. The summed E-state index contributed by atoms with van der Waals surface area (Å²) in [6.07, 6.45) is 0. The predicted octanol–water partition coefficient (Wildman–Crippen LogP) is 4.95. The van der Waals surface area contributed by atoms with Gasteiger partial charge in [0.05, 0.1) is 21.4 Å². The van der Waals surface area contributed by atoms with E-state index in [0.29, 0.717) is 21.4 Å². The van der Waals surface area contributed by atoms with Gasteiger partial charge in [-0.25, -0.2) is 0 Å². The highest BCUT2D eigenvalue weighted by Gasteiger charge is 2.16. The number of rotatable bonds is 3. The Morgan fingerprint density at radius 1 is 1.08 bits per heavy atom. The fraction of sp³-hybridized carbons (Fsp3) is 0.111. The zero-order valence-corrected chi connectivity index (χ0v) is 14.7. The second-order valence-corrected chi connectivity index (χ2v) is 6.27. The lowest BCUT2D eigenvalue weighted by molar-refractivity contribution is 0.102. The van der Waals surface area contributed by atoms with Gasteiger partial charge in [-0.3, -0.25) is 9.48 Å². The van der Waals surface area contributed by atoms with Crippen LogP contribution in [0.3, 0.4) is 0 Å². The van der Waals surface area contributed by atoms with Crippen molar-refractivity contribution < 1.29 is 4.79 Å². The molecule has 0 saturated heterocycles. The number of halogens is 2. The Kier molecular flexibility index (Phi) is 4.60. The Balaban J connectivity index is 1.89. The van der Waals surface area contributed by atoms with Gasteiger partial charge in [0.15, 0.2) is 5.69 Å². The molecule has 1 N–H and O–H groups in total. The van der Waals surface area contributed by atoms with Gasteiger partial charge in [0.1, 0.15) is 0 Å². The Morgan fingerprint density at radius 3 is 2.33 bits per heavy atom. The van der Waals surface area contributed by atoms with Gasteiger partial charge in [0.2, 0.25) is 0 Å². The number of benzene rings is 2. The maximum absolute atomic E-state index is 12.5. The van der Waals surface area contributed by atoms with Crippen LogP contribution in [0.5, 0.6) is 0 Å². The maximum Gasteiger partial charge on any atom is 0.276 e. The molecule has 1 aromatic heterocycles. The third-order valence-corrected chi connectivity index (χ3v) is 4.29. The van der Waals surface area contributed by atoms with Gasteiger partial charge < -0.3 is 5.32 Å². The minimum absolute atomic E-state index is 0.295. The molecule has 0 atom stereocenters. The Morgan fingerprint density at radius 2 is 1.71 bits per heavy atom. The van der Waals surface area contributed by atoms with Crippen LogP contribution in [0.1, 0.15) is 16.1 Å². The largest absolute Gasteiger partial charge is 0.318 e. The number of aromatic nitrogens is 2. The number of hydrogen-bond acceptors (Lipinski definition) is 2. The van der Waals surface area contributed by atoms with Crippen molar-refractivity contribution in [2.24, 2.45) is 7.05 Å². The molecular formula is C18H15Cl2N3O. The number of hydrogen-bond donors (Lipinski definition) is 1. The van der Waals surface area contributed by atoms with Crippen molar-refractivity contribution in [3.8, 4) is 11.3 Å². The van der Waals surface area contributed by atoms with Crippen molar-refractivity contribution in [1.29, 1.82) is 0 Å². The molecule has 3 rings (SSSR count). The highest BCUT2D eigenvalue weighted by atomic mass is 35.5. The lowest BCUT2D eigenvalue weighted by Gasteiger charge is -2.07. The van der Waals surface area contributed by atoms with Gasteiger partial charge in [0, 0.05) is 7.05 Å². The summed E-state index contributed by atoms with van der Waals surface area (Å²) >= 11 is 12.2. The summed E-state index contributed by atoms with van der Waals surface area (Å²) < 4.78 is 1.67. The fourth-order valence-corrected chi connectivity index (χ4v) is 2.86. The number of carbonyl (C=O) groups excluding carboxylic acids is 1. The third kappa shape index (κ3) is 3.30. The summed E-state index contributed by atoms with van der Waals surface area (Å²) in [7, 11) is 1.80. The second kappa shape index (κ2) is 6.67. The first-order valence-corrected chi connectivity index (χ1v) is 8.08. The molecule has 0 saturated carbocycles. The van der Waals surface area contributed by atoms with Gasteiger partial charge in [-0.2, -0.15) is 5.10 Å². The number of amides is 1. The number of para-hydroxylation sites is 1. The van der Waals surface area contributed by atoms with E-state index >= 15 is 0 Å². The fourth-order valence-electron chi connectivity index (χ4n) is 2.37. The van der Waals surface area contributed by atoms with Crippen LogP contribution in [-0.2, 0) is 7.05 Å². The lowest BCUT2D eigenvalue weighted by atomic mass is 10.1. The van der Waals surface area contributed by atoms with Crippen LogP contribution in [0, 0.1) is 6.92 Å². The first-order valence-electron chi connectivity index (χ1n) is 7.32. The topological polar surface area (TPSA) is 46.9 Å². The molecule has 0 bridgehead atoms. The van der Waals surface area contributed by atoms with Gasteiger partial charge in [-0.05, 0) is 30.7 Å². The Bertz CT molecular complexity index is 881. The second-order valence-electron chi connectivity index (χ2n) is 5.46. The highest BCUT2D eigenvalue weighted by Crippen LogP contribution is 2.30. The van der Waals surface area contributed by atoms with Crippen LogP contribution in [-0.4, -0.2) is 15.7 Å². The van der Waals surface area contributed by atoms with E-state index in [0.717, 1.165) is 11.3 Å². The Labute approximate surface area is 150 Å². The monoisotopic (exact) mass is 359 g/mol. The maximum atomic E-state index is 12.5. The quantitative estimate of drug-likeness (QED) is 0.718. The molecule has 122 valence electrons. The average Bonchev–Trinajstić information content (AvgIpc) is 2.94. The normalized spacial score (nSPS) is 10.7. The number of anilines is 1. The summed E-state index contributed by atoms with van der Waals surface area (Å²) in [5, 5.41) is 7.76. The van der Waals surface area contributed by atoms with Gasteiger partial charge in [0.25, 0.3) is 5.91 Å². The molecule has 0 unspecified atom stereocenters. The molecule has 6 heteroatoms. The van der Waals surface area contributed by atoms with E-state index in [9.17, 15) is 4.79 Å². The molecule has 1 heterocycles. The van der Waals surface area contributed by atoms with Gasteiger partial charge in [-0.1, -0.05) is 59.1 Å². The van der Waals surface area contributed by atoms with Crippen molar-refractivity contribution in [2.45, 2.75) is 6.92 Å². The van der Waals surface area contributed by atoms with Crippen LogP contribution < -0.4 is 5.32 Å². The smallest absolute Gasteiger partial charge is 0.276 e. The molecule has 1 amide bonds. The zero-order valence-electron chi connectivity index (χ0n) is 13.2. The molecule has 3 aromatic rings. The van der Waals surface area contributed by atoms with Crippen LogP contribution in [0.4, 0.5) is 5.69 Å². The molecule has 4 nitrogen and oxygen atoms in total. The van der Waals surface area contributed by atoms with Crippen LogP contribution in [0.25, 0.3) is 11.3 Å². The summed E-state index contributed by atoms with van der Waals surface area (Å²) in [5.74, 6) is -0.362. The van der Waals surface area contributed by atoms with E-state index in [1.54, 1.807) is 36.0 Å². The summed E-state index contributed by atoms with van der Waals surface area (Å²) in [6.45, 7) is 2.03. The SMILES string of the molecule is Cc1ccc(-c2cc(C(=O)Nc3c(Cl)cccc3Cl)nn2C)cc1. The number of aryl methyl sites for hydroxylation is 2. The third-order valence-electron chi connectivity index (χ3n) is 3.66. The average molecular weight is 360 g/mol. The number of nitrogens with zero attached hydrogens (tertiary/aromatic N) is 2. The minimum Gasteiger partial charge on any atom is -0.318 e. The predicted molar refractivity (Wildman–Crippen MR) is 97.8 cm³/mol. The standard InChI is InChI=1S/C18H15Cl2N3O/c1-11-6-8-12(9-7-11)16-10-15(22-23(16)2)18(24)21-17-13(19)4-3-5-14(17)20/h3-10H,1-2H3,(H,21,24). The molecule has 24 heavy (non-hydrogen) atoms. The molecular weight excluding hydrogens is 345 g/mol. The summed E-state index contributed by atoms with van der Waals surface area (Å²) in [6, 6.07) is 14.8. The molecule has 0 aliphatic heterocycles. The molecule has 0 fully saturated rings. The van der Waals surface area contributed by atoms with Crippen molar-refractivity contribution >= 4 is 34.8 Å². The molecule has 0 aliphatic carbocycles. The summed E-state index contributed by atoms with van der Waals surface area (Å²) in [5.41, 5.74) is 3.69. The van der Waals surface area contributed by atoms with Crippen molar-refractivity contribution in [3.63, 3.8) is 0 Å². The van der Waals surface area contributed by atoms with E-state index in [4.69, 9.17) is 23.2 Å². The van der Waals surface area contributed by atoms with Crippen LogP contribution in [0.15, 0.2) is 48.5 Å². The van der Waals surface area contributed by atoms with E-state index < -0.39 is 0 Å². The van der Waals surface area contributed by atoms with E-state index in [1.165, 1.54) is 5.56 Å². The minimum atomic E-state index is -0.362. The Hall–Kier alpha value is -2.30.